The van der Waals surface area contributed by atoms with Crippen LogP contribution < -0.4 is 0 Å². The molecule has 1 heterocycles. The Morgan fingerprint density at radius 1 is 1.24 bits per heavy atom. The van der Waals surface area contributed by atoms with Crippen LogP contribution in [-0.2, 0) is 0 Å². The smallest absolute Gasteiger partial charge is 0.124 e. The molecule has 2 rings (SSSR count). The average molecular weight is 400 g/mol. The van der Waals surface area contributed by atoms with E-state index in [2.05, 4.69) is 31.9 Å². The lowest BCUT2D eigenvalue weighted by atomic mass is 10.1. The molecule has 1 unspecified atom stereocenters. The quantitative estimate of drug-likeness (QED) is 0.739. The van der Waals surface area contributed by atoms with E-state index >= 15 is 0 Å². The van der Waals surface area contributed by atoms with Gasteiger partial charge in [0.25, 0.3) is 0 Å². The van der Waals surface area contributed by atoms with Gasteiger partial charge in [0.1, 0.15) is 11.9 Å². The van der Waals surface area contributed by atoms with Gasteiger partial charge in [-0.05, 0) is 45.8 Å². The van der Waals surface area contributed by atoms with Gasteiger partial charge in [0.2, 0.25) is 0 Å². The predicted octanol–water partition coefficient (Wildman–Crippen LogP) is 5.15. The largest absolute Gasteiger partial charge is 0.383 e. The first-order chi connectivity index (χ1) is 7.97. The second-order valence-electron chi connectivity index (χ2n) is 3.38. The summed E-state index contributed by atoms with van der Waals surface area (Å²) in [6, 6.07) is 5.99. The Balaban J connectivity index is 2.39. The maximum atomic E-state index is 13.2. The van der Waals surface area contributed by atoms with E-state index < -0.39 is 11.9 Å². The number of rotatable bonds is 2. The zero-order chi connectivity index (χ0) is 12.6. The first kappa shape index (κ1) is 13.5. The van der Waals surface area contributed by atoms with Crippen LogP contribution in [0.25, 0.3) is 0 Å². The molecule has 6 heteroatoms. The molecule has 1 N–H and O–H groups in total. The van der Waals surface area contributed by atoms with Gasteiger partial charge in [0, 0.05) is 9.35 Å². The van der Waals surface area contributed by atoms with Gasteiger partial charge in [0.05, 0.1) is 8.81 Å². The van der Waals surface area contributed by atoms with Crippen LogP contribution in [0.3, 0.4) is 0 Å². The van der Waals surface area contributed by atoms with Crippen LogP contribution in [0, 0.1) is 5.82 Å². The van der Waals surface area contributed by atoms with Gasteiger partial charge in [0.15, 0.2) is 0 Å². The maximum Gasteiger partial charge on any atom is 0.124 e. The zero-order valence-electron chi connectivity index (χ0n) is 8.25. The highest BCUT2D eigenvalue weighted by Gasteiger charge is 2.16. The molecule has 0 aliphatic heterocycles. The van der Waals surface area contributed by atoms with E-state index in [1.165, 1.54) is 23.5 Å². The molecule has 0 spiro atoms. The normalized spacial score (nSPS) is 12.8. The highest BCUT2D eigenvalue weighted by molar-refractivity contribution is 9.11. The fraction of sp³-hybridized carbons (Fsp3) is 0.0909. The van der Waals surface area contributed by atoms with Gasteiger partial charge in [-0.15, -0.1) is 11.3 Å². The van der Waals surface area contributed by atoms with Gasteiger partial charge >= 0.3 is 0 Å². The number of thiophene rings is 1. The van der Waals surface area contributed by atoms with Gasteiger partial charge < -0.3 is 5.11 Å². The van der Waals surface area contributed by atoms with Crippen LogP contribution in [-0.4, -0.2) is 5.11 Å². The number of hydrogen-bond donors (Lipinski definition) is 1. The van der Waals surface area contributed by atoms with Crippen molar-refractivity contribution in [2.24, 2.45) is 0 Å². The summed E-state index contributed by atoms with van der Waals surface area (Å²) in [6.45, 7) is 0. The Kier molecular flexibility index (Phi) is 4.26. The molecular formula is C11H6Br2ClFOS. The second kappa shape index (κ2) is 5.36. The lowest BCUT2D eigenvalue weighted by Crippen LogP contribution is -1.97. The molecule has 1 atom stereocenters. The van der Waals surface area contributed by atoms with Crippen molar-refractivity contribution in [3.8, 4) is 0 Å². The molecule has 2 aromatic rings. The Bertz CT molecular complexity index is 519. The molecule has 0 aliphatic carbocycles. The summed E-state index contributed by atoms with van der Waals surface area (Å²) < 4.78 is 14.6. The van der Waals surface area contributed by atoms with Crippen molar-refractivity contribution < 1.29 is 9.50 Å². The van der Waals surface area contributed by atoms with Crippen molar-refractivity contribution in [2.75, 3.05) is 0 Å². The summed E-state index contributed by atoms with van der Waals surface area (Å²) >= 11 is 13.7. The Labute approximate surface area is 123 Å². The fourth-order valence-electron chi connectivity index (χ4n) is 1.40. The van der Waals surface area contributed by atoms with Crippen molar-refractivity contribution in [3.05, 3.63) is 53.8 Å². The second-order valence-corrected chi connectivity index (χ2v) is 7.10. The molecule has 17 heavy (non-hydrogen) atoms. The number of halogens is 4. The molecule has 0 aliphatic rings. The summed E-state index contributed by atoms with van der Waals surface area (Å²) in [5.41, 5.74) is 0.488. The highest BCUT2D eigenvalue weighted by atomic mass is 79.9. The number of hydrogen-bond acceptors (Lipinski definition) is 2. The Morgan fingerprint density at radius 3 is 2.47 bits per heavy atom. The summed E-state index contributed by atoms with van der Waals surface area (Å²) in [5, 5.41) is 10.7. The number of aliphatic hydroxyl groups is 1. The Hall–Kier alpha value is 0.0600. The van der Waals surface area contributed by atoms with Crippen molar-refractivity contribution in [2.45, 2.75) is 6.10 Å². The van der Waals surface area contributed by atoms with E-state index in [9.17, 15) is 9.50 Å². The average Bonchev–Trinajstić information content (AvgIpc) is 2.57. The number of benzene rings is 1. The van der Waals surface area contributed by atoms with Gasteiger partial charge in [-0.3, -0.25) is 0 Å². The van der Waals surface area contributed by atoms with Crippen LogP contribution in [0.1, 0.15) is 16.5 Å². The molecule has 0 fully saturated rings. The van der Waals surface area contributed by atoms with Crippen molar-refractivity contribution in [3.63, 3.8) is 0 Å². The lowest BCUT2D eigenvalue weighted by molar-refractivity contribution is 0.223. The van der Waals surface area contributed by atoms with Crippen molar-refractivity contribution in [1.82, 2.24) is 0 Å². The topological polar surface area (TPSA) is 20.2 Å². The van der Waals surface area contributed by atoms with Crippen LogP contribution in [0.5, 0.6) is 0 Å². The predicted molar refractivity (Wildman–Crippen MR) is 75.2 cm³/mol. The van der Waals surface area contributed by atoms with Crippen molar-refractivity contribution in [1.29, 1.82) is 0 Å². The standard InChI is InChI=1S/C11H6Br2ClFOS/c12-6-1-5(2-7(15)3-6)10(16)9-4-8(14)11(13)17-9/h1-4,10,16H. The SMILES string of the molecule is OC(c1cc(F)cc(Br)c1)c1cc(Cl)c(Br)s1. The van der Waals surface area contributed by atoms with E-state index in [4.69, 9.17) is 11.6 Å². The lowest BCUT2D eigenvalue weighted by Gasteiger charge is -2.09. The minimum atomic E-state index is -0.879. The molecule has 0 bridgehead atoms. The van der Waals surface area contributed by atoms with E-state index in [0.29, 0.717) is 19.9 Å². The summed E-state index contributed by atoms with van der Waals surface area (Å²) in [4.78, 5) is 0.666. The summed E-state index contributed by atoms with van der Waals surface area (Å²) in [6.07, 6.45) is -0.879. The van der Waals surface area contributed by atoms with Crippen LogP contribution in [0.4, 0.5) is 4.39 Å². The zero-order valence-corrected chi connectivity index (χ0v) is 13.0. The van der Waals surface area contributed by atoms with Crippen LogP contribution in [0.15, 0.2) is 32.5 Å². The molecule has 0 saturated heterocycles. The maximum absolute atomic E-state index is 13.2. The van der Waals surface area contributed by atoms with Gasteiger partial charge in [-0.2, -0.15) is 0 Å². The first-order valence-corrected chi connectivity index (χ1v) is 7.34. The minimum absolute atomic E-state index is 0.393. The molecule has 90 valence electrons. The van der Waals surface area contributed by atoms with Crippen molar-refractivity contribution >= 4 is 54.8 Å². The minimum Gasteiger partial charge on any atom is -0.383 e. The summed E-state index contributed by atoms with van der Waals surface area (Å²) in [7, 11) is 0. The Morgan fingerprint density at radius 2 is 1.94 bits per heavy atom. The van der Waals surface area contributed by atoms with Crippen LogP contribution in [0.2, 0.25) is 5.02 Å². The van der Waals surface area contributed by atoms with E-state index in [0.717, 1.165) is 3.79 Å². The van der Waals surface area contributed by atoms with Gasteiger partial charge in [-0.25, -0.2) is 4.39 Å². The van der Waals surface area contributed by atoms with E-state index in [1.807, 2.05) is 0 Å². The molecule has 1 aromatic carbocycles. The third kappa shape index (κ3) is 3.09. The molecule has 1 nitrogen and oxygen atoms in total. The fourth-order valence-corrected chi connectivity index (χ4v) is 3.64. The van der Waals surface area contributed by atoms with E-state index in [-0.39, 0.29) is 0 Å². The molecular weight excluding hydrogens is 394 g/mol. The third-order valence-corrected chi connectivity index (χ3v) is 5.12. The molecule has 0 amide bonds. The molecule has 1 aromatic heterocycles. The third-order valence-electron chi connectivity index (χ3n) is 2.13. The summed E-state index contributed by atoms with van der Waals surface area (Å²) in [5.74, 6) is -0.393. The monoisotopic (exact) mass is 398 g/mol. The van der Waals surface area contributed by atoms with Crippen LogP contribution >= 0.6 is 54.8 Å². The molecule has 0 radical (unpaired) electrons. The highest BCUT2D eigenvalue weighted by Crippen LogP contribution is 2.37. The number of aliphatic hydroxyl groups excluding tert-OH is 1. The molecule has 0 saturated carbocycles. The van der Waals surface area contributed by atoms with E-state index in [1.54, 1.807) is 12.1 Å². The van der Waals surface area contributed by atoms with Gasteiger partial charge in [-0.1, -0.05) is 27.5 Å². The first-order valence-electron chi connectivity index (χ1n) is 4.56.